The molecule has 1 unspecified atom stereocenters. The third-order valence-corrected chi connectivity index (χ3v) is 4.94. The van der Waals surface area contributed by atoms with Crippen LogP contribution in [0.1, 0.15) is 19.3 Å². The van der Waals surface area contributed by atoms with Crippen molar-refractivity contribution in [2.24, 2.45) is 4.99 Å². The van der Waals surface area contributed by atoms with E-state index in [9.17, 15) is 4.21 Å². The zero-order valence-corrected chi connectivity index (χ0v) is 11.8. The van der Waals surface area contributed by atoms with Crippen molar-refractivity contribution in [2.75, 3.05) is 41.0 Å². The highest BCUT2D eigenvalue weighted by Gasteiger charge is 2.40. The molecule has 5 heteroatoms. The maximum Gasteiger partial charge on any atom is 0.195 e. The third kappa shape index (κ3) is 2.75. The summed E-state index contributed by atoms with van der Waals surface area (Å²) in [6.45, 7) is 0.682. The molecule has 0 radical (unpaired) electrons. The molecule has 1 saturated carbocycles. The molecule has 4 nitrogen and oxygen atoms in total. The number of aliphatic imine (C=N–C) groups is 1. The predicted octanol–water partition coefficient (Wildman–Crippen LogP) is 0.767. The number of guanidine groups is 1. The van der Waals surface area contributed by atoms with Crippen LogP contribution in [-0.4, -0.2) is 65.7 Å². The lowest BCUT2D eigenvalue weighted by Gasteiger charge is -2.39. The van der Waals surface area contributed by atoms with Crippen molar-refractivity contribution in [3.05, 3.63) is 0 Å². The number of hydrogen-bond donors (Lipinski definition) is 0. The second-order valence-electron chi connectivity index (χ2n) is 4.90. The van der Waals surface area contributed by atoms with E-state index in [0.717, 1.165) is 18.8 Å². The molecular weight excluding hydrogens is 222 g/mol. The molecule has 0 N–H and O–H groups in total. The van der Waals surface area contributed by atoms with Gasteiger partial charge in [0.1, 0.15) is 0 Å². The molecule has 0 aromatic heterocycles. The van der Waals surface area contributed by atoms with Gasteiger partial charge in [0.05, 0.1) is 11.3 Å². The van der Waals surface area contributed by atoms with Crippen molar-refractivity contribution in [3.8, 4) is 0 Å². The van der Waals surface area contributed by atoms with E-state index in [1.165, 1.54) is 6.42 Å². The number of nitrogens with zero attached hydrogens (tertiary/aromatic N) is 3. The summed E-state index contributed by atoms with van der Waals surface area (Å²) >= 11 is 0. The molecular formula is C11H23N3OS. The lowest BCUT2D eigenvalue weighted by Crippen LogP contribution is -2.45. The van der Waals surface area contributed by atoms with E-state index >= 15 is 0 Å². The van der Waals surface area contributed by atoms with E-state index in [0.29, 0.717) is 6.54 Å². The summed E-state index contributed by atoms with van der Waals surface area (Å²) in [5, 5.41) is 0. The summed E-state index contributed by atoms with van der Waals surface area (Å²) in [5.74, 6) is 0.941. The Hall–Kier alpha value is -0.580. The average Bonchev–Trinajstić information content (AvgIpc) is 2.06. The van der Waals surface area contributed by atoms with E-state index in [-0.39, 0.29) is 4.75 Å². The van der Waals surface area contributed by atoms with Crippen LogP contribution < -0.4 is 0 Å². The van der Waals surface area contributed by atoms with Gasteiger partial charge in [0, 0.05) is 45.2 Å². The van der Waals surface area contributed by atoms with Crippen molar-refractivity contribution < 1.29 is 4.21 Å². The van der Waals surface area contributed by atoms with Crippen LogP contribution in [0.15, 0.2) is 4.99 Å². The van der Waals surface area contributed by atoms with Crippen LogP contribution in [-0.2, 0) is 10.8 Å². The van der Waals surface area contributed by atoms with Crippen LogP contribution in [0.4, 0.5) is 0 Å². The highest BCUT2D eigenvalue weighted by molar-refractivity contribution is 7.85. The van der Waals surface area contributed by atoms with Crippen LogP contribution in [0.25, 0.3) is 0 Å². The molecule has 0 heterocycles. The fourth-order valence-corrected chi connectivity index (χ4v) is 3.12. The summed E-state index contributed by atoms with van der Waals surface area (Å²) in [7, 11) is 7.16. The Morgan fingerprint density at radius 3 is 2.00 bits per heavy atom. The topological polar surface area (TPSA) is 35.9 Å². The first-order valence-electron chi connectivity index (χ1n) is 5.62. The van der Waals surface area contributed by atoms with Crippen LogP contribution >= 0.6 is 0 Å². The molecule has 1 atom stereocenters. The normalized spacial score (nSPS) is 19.6. The summed E-state index contributed by atoms with van der Waals surface area (Å²) in [4.78, 5) is 8.60. The van der Waals surface area contributed by atoms with Crippen LogP contribution in [0.3, 0.4) is 0 Å². The van der Waals surface area contributed by atoms with E-state index < -0.39 is 10.8 Å². The van der Waals surface area contributed by atoms with Crippen molar-refractivity contribution in [3.63, 3.8) is 0 Å². The Morgan fingerprint density at radius 2 is 1.75 bits per heavy atom. The number of rotatable bonds is 3. The van der Waals surface area contributed by atoms with E-state index in [2.05, 4.69) is 4.99 Å². The second-order valence-corrected chi connectivity index (χ2v) is 6.67. The molecule has 1 aliphatic carbocycles. The van der Waals surface area contributed by atoms with Gasteiger partial charge in [0.2, 0.25) is 0 Å². The fourth-order valence-electron chi connectivity index (χ4n) is 2.01. The standard InChI is InChI=1S/C11H23N3OS/c1-13(2)10(14(3)4)12-9-11(16(5)15)7-6-8-11/h6-9H2,1-5H3. The second kappa shape index (κ2) is 5.17. The number of hydrogen-bond acceptors (Lipinski definition) is 2. The Bertz CT molecular complexity index is 286. The largest absolute Gasteiger partial charge is 0.349 e. The maximum absolute atomic E-state index is 11.7. The Kier molecular flexibility index (Phi) is 4.35. The molecule has 16 heavy (non-hydrogen) atoms. The molecule has 0 saturated heterocycles. The van der Waals surface area contributed by atoms with Crippen molar-refractivity contribution in [2.45, 2.75) is 24.0 Å². The van der Waals surface area contributed by atoms with Crippen LogP contribution in [0.2, 0.25) is 0 Å². The lowest BCUT2D eigenvalue weighted by molar-refractivity contribution is 0.356. The van der Waals surface area contributed by atoms with Gasteiger partial charge in [-0.2, -0.15) is 0 Å². The quantitative estimate of drug-likeness (QED) is 0.544. The minimum Gasteiger partial charge on any atom is -0.349 e. The van der Waals surface area contributed by atoms with Crippen molar-refractivity contribution in [1.82, 2.24) is 9.80 Å². The molecule has 94 valence electrons. The minimum absolute atomic E-state index is 0.0444. The van der Waals surface area contributed by atoms with Gasteiger partial charge < -0.3 is 9.80 Å². The van der Waals surface area contributed by atoms with Gasteiger partial charge in [-0.1, -0.05) is 6.42 Å². The molecule has 0 aliphatic heterocycles. The summed E-state index contributed by atoms with van der Waals surface area (Å²) < 4.78 is 11.7. The SMILES string of the molecule is CN(C)C(=NCC1(S(C)=O)CCC1)N(C)C. The first kappa shape index (κ1) is 13.5. The van der Waals surface area contributed by atoms with E-state index in [1.807, 2.05) is 38.0 Å². The molecule has 1 aliphatic rings. The van der Waals surface area contributed by atoms with E-state index in [4.69, 9.17) is 0 Å². The molecule has 0 aromatic carbocycles. The minimum atomic E-state index is -0.769. The Morgan fingerprint density at radius 1 is 1.25 bits per heavy atom. The summed E-state index contributed by atoms with van der Waals surface area (Å²) in [6, 6.07) is 0. The predicted molar refractivity (Wildman–Crippen MR) is 70.3 cm³/mol. The molecule has 0 amide bonds. The average molecular weight is 245 g/mol. The zero-order valence-electron chi connectivity index (χ0n) is 11.0. The highest BCUT2D eigenvalue weighted by atomic mass is 32.2. The van der Waals surface area contributed by atoms with Gasteiger partial charge in [-0.25, -0.2) is 0 Å². The first-order valence-corrected chi connectivity index (χ1v) is 7.17. The fraction of sp³-hybridized carbons (Fsp3) is 0.909. The van der Waals surface area contributed by atoms with Gasteiger partial charge in [0.25, 0.3) is 0 Å². The lowest BCUT2D eigenvalue weighted by atomic mass is 9.84. The van der Waals surface area contributed by atoms with Crippen molar-refractivity contribution >= 4 is 16.8 Å². The molecule has 0 aromatic rings. The molecule has 1 rings (SSSR count). The van der Waals surface area contributed by atoms with Crippen LogP contribution in [0.5, 0.6) is 0 Å². The maximum atomic E-state index is 11.7. The highest BCUT2D eigenvalue weighted by Crippen LogP contribution is 2.37. The van der Waals surface area contributed by atoms with Crippen molar-refractivity contribution in [1.29, 1.82) is 0 Å². The van der Waals surface area contributed by atoms with Crippen LogP contribution in [0, 0.1) is 0 Å². The van der Waals surface area contributed by atoms with Gasteiger partial charge >= 0.3 is 0 Å². The monoisotopic (exact) mass is 245 g/mol. The van der Waals surface area contributed by atoms with Gasteiger partial charge in [-0.15, -0.1) is 0 Å². The third-order valence-electron chi connectivity index (χ3n) is 3.18. The molecule has 0 spiro atoms. The van der Waals surface area contributed by atoms with E-state index in [1.54, 1.807) is 6.26 Å². The summed E-state index contributed by atoms with van der Waals surface area (Å²) in [6.07, 6.45) is 5.09. The van der Waals surface area contributed by atoms with Gasteiger partial charge in [0.15, 0.2) is 5.96 Å². The molecule has 1 fully saturated rings. The Balaban J connectivity index is 2.72. The van der Waals surface area contributed by atoms with Gasteiger partial charge in [-0.3, -0.25) is 9.20 Å². The molecule has 0 bridgehead atoms. The summed E-state index contributed by atoms with van der Waals surface area (Å²) in [5.41, 5.74) is 0. The first-order chi connectivity index (χ1) is 7.39. The smallest absolute Gasteiger partial charge is 0.195 e. The Labute approximate surface area is 101 Å². The van der Waals surface area contributed by atoms with Gasteiger partial charge in [-0.05, 0) is 12.8 Å². The zero-order chi connectivity index (χ0) is 12.3.